The fourth-order valence-corrected chi connectivity index (χ4v) is 2.46. The number of nitrogens with zero attached hydrogens (tertiary/aromatic N) is 1. The van der Waals surface area contributed by atoms with Gasteiger partial charge >= 0.3 is 5.69 Å². The van der Waals surface area contributed by atoms with Gasteiger partial charge in [0.1, 0.15) is 0 Å². The van der Waals surface area contributed by atoms with Gasteiger partial charge in [-0.15, -0.1) is 0 Å². The number of hydrogen-bond acceptors (Lipinski definition) is 4. The average molecular weight is 393 g/mol. The Morgan fingerprint density at radius 1 is 1.29 bits per heavy atom. The van der Waals surface area contributed by atoms with E-state index in [1.165, 1.54) is 18.2 Å². The maximum absolute atomic E-state index is 12.4. The lowest BCUT2D eigenvalue weighted by Gasteiger charge is -2.15. The molecule has 2 rings (SSSR count). The third-order valence-corrected chi connectivity index (χ3v) is 3.96. The second-order valence-corrected chi connectivity index (χ2v) is 6.04. The Balaban J connectivity index is 2.18. The van der Waals surface area contributed by atoms with Gasteiger partial charge in [-0.1, -0.05) is 28.1 Å². The van der Waals surface area contributed by atoms with E-state index >= 15 is 0 Å². The zero-order valence-electron chi connectivity index (χ0n) is 13.3. The zero-order chi connectivity index (χ0) is 17.7. The molecule has 0 aliphatic carbocycles. The van der Waals surface area contributed by atoms with Crippen LogP contribution >= 0.6 is 15.9 Å². The van der Waals surface area contributed by atoms with E-state index in [0.29, 0.717) is 6.61 Å². The molecule has 0 radical (unpaired) electrons. The minimum atomic E-state index is -0.556. The smallest absolute Gasteiger partial charge is 0.311 e. The molecule has 1 amide bonds. The van der Waals surface area contributed by atoms with Gasteiger partial charge in [-0.2, -0.15) is 0 Å². The average Bonchev–Trinajstić information content (AvgIpc) is 2.55. The summed E-state index contributed by atoms with van der Waals surface area (Å²) in [5.41, 5.74) is 0.932. The predicted octanol–water partition coefficient (Wildman–Crippen LogP) is 4.25. The van der Waals surface area contributed by atoms with E-state index in [4.69, 9.17) is 4.74 Å². The van der Waals surface area contributed by atoms with Crippen LogP contribution in [0, 0.1) is 10.1 Å². The van der Waals surface area contributed by atoms with Crippen molar-refractivity contribution in [3.63, 3.8) is 0 Å². The molecule has 2 aromatic rings. The van der Waals surface area contributed by atoms with Crippen molar-refractivity contribution in [2.75, 3.05) is 6.61 Å². The number of amides is 1. The van der Waals surface area contributed by atoms with Crippen LogP contribution in [0.4, 0.5) is 5.69 Å². The van der Waals surface area contributed by atoms with Gasteiger partial charge in [-0.3, -0.25) is 14.9 Å². The first kappa shape index (κ1) is 17.9. The normalized spacial score (nSPS) is 11.6. The number of benzene rings is 2. The quantitative estimate of drug-likeness (QED) is 0.588. The van der Waals surface area contributed by atoms with Crippen LogP contribution in [0.1, 0.15) is 35.8 Å². The summed E-state index contributed by atoms with van der Waals surface area (Å²) in [5.74, 6) is -0.225. The maximum Gasteiger partial charge on any atom is 0.311 e. The molecule has 1 N–H and O–H groups in total. The molecule has 0 unspecified atom stereocenters. The molecule has 6 nitrogen and oxygen atoms in total. The highest BCUT2D eigenvalue weighted by Gasteiger charge is 2.19. The van der Waals surface area contributed by atoms with Crippen molar-refractivity contribution in [3.8, 4) is 5.75 Å². The second kappa shape index (κ2) is 7.92. The van der Waals surface area contributed by atoms with Crippen molar-refractivity contribution in [2.24, 2.45) is 0 Å². The summed E-state index contributed by atoms with van der Waals surface area (Å²) in [5, 5.41) is 14.0. The second-order valence-electron chi connectivity index (χ2n) is 5.12. The fraction of sp³-hybridized carbons (Fsp3) is 0.235. The monoisotopic (exact) mass is 392 g/mol. The van der Waals surface area contributed by atoms with Gasteiger partial charge in [0.05, 0.1) is 17.6 Å². The minimum absolute atomic E-state index is 0.153. The Labute approximate surface area is 148 Å². The summed E-state index contributed by atoms with van der Waals surface area (Å²) in [6.45, 7) is 3.90. The van der Waals surface area contributed by atoms with E-state index in [1.54, 1.807) is 6.92 Å². The summed E-state index contributed by atoms with van der Waals surface area (Å²) in [7, 11) is 0. The molecular weight excluding hydrogens is 376 g/mol. The van der Waals surface area contributed by atoms with Crippen LogP contribution in [0.25, 0.3) is 0 Å². The Kier molecular flexibility index (Phi) is 5.92. The standard InChI is InChI=1S/C17H17BrN2O4/c1-3-24-16-9-6-13(10-15(16)20(22)23)17(21)19-11(2)12-4-7-14(18)8-5-12/h4-11H,3H2,1-2H3,(H,19,21)/t11-/m0/s1. The van der Waals surface area contributed by atoms with Gasteiger partial charge in [-0.25, -0.2) is 0 Å². The molecule has 1 atom stereocenters. The van der Waals surface area contributed by atoms with Crippen LogP contribution in [-0.2, 0) is 0 Å². The Morgan fingerprint density at radius 2 is 1.96 bits per heavy atom. The molecule has 24 heavy (non-hydrogen) atoms. The van der Waals surface area contributed by atoms with Gasteiger partial charge < -0.3 is 10.1 Å². The van der Waals surface area contributed by atoms with E-state index in [0.717, 1.165) is 10.0 Å². The molecular formula is C17H17BrN2O4. The third kappa shape index (κ3) is 4.32. The highest BCUT2D eigenvalue weighted by atomic mass is 79.9. The fourth-order valence-electron chi connectivity index (χ4n) is 2.19. The molecule has 0 saturated carbocycles. The van der Waals surface area contributed by atoms with E-state index in [9.17, 15) is 14.9 Å². The molecule has 0 aromatic heterocycles. The largest absolute Gasteiger partial charge is 0.487 e. The third-order valence-electron chi connectivity index (χ3n) is 3.44. The number of hydrogen-bond donors (Lipinski definition) is 1. The molecule has 0 bridgehead atoms. The van der Waals surface area contributed by atoms with Gasteiger partial charge in [0.2, 0.25) is 0 Å². The Morgan fingerprint density at radius 3 is 2.54 bits per heavy atom. The molecule has 0 fully saturated rings. The van der Waals surface area contributed by atoms with E-state index in [1.807, 2.05) is 31.2 Å². The van der Waals surface area contributed by atoms with E-state index in [2.05, 4.69) is 21.2 Å². The SMILES string of the molecule is CCOc1ccc(C(=O)N[C@@H](C)c2ccc(Br)cc2)cc1[N+](=O)[O-]. The molecule has 0 aliphatic heterocycles. The van der Waals surface area contributed by atoms with Gasteiger partial charge in [-0.05, 0) is 43.7 Å². The van der Waals surface area contributed by atoms with Crippen LogP contribution in [0.15, 0.2) is 46.9 Å². The van der Waals surface area contributed by atoms with Crippen LogP contribution in [0.3, 0.4) is 0 Å². The summed E-state index contributed by atoms with van der Waals surface area (Å²) in [4.78, 5) is 22.9. The number of ether oxygens (including phenoxy) is 1. The van der Waals surface area contributed by atoms with Gasteiger partial charge in [0, 0.05) is 16.1 Å². The van der Waals surface area contributed by atoms with Crippen molar-refractivity contribution < 1.29 is 14.5 Å². The Bertz CT molecular complexity index is 747. The van der Waals surface area contributed by atoms with Crippen molar-refractivity contribution in [2.45, 2.75) is 19.9 Å². The van der Waals surface area contributed by atoms with Gasteiger partial charge in [0.25, 0.3) is 5.91 Å². The Hall–Kier alpha value is -2.41. The topological polar surface area (TPSA) is 81.5 Å². The number of carbonyl (C=O) groups is 1. The summed E-state index contributed by atoms with van der Waals surface area (Å²) < 4.78 is 6.17. The summed E-state index contributed by atoms with van der Waals surface area (Å²) in [6.07, 6.45) is 0. The molecule has 7 heteroatoms. The number of halogens is 1. The highest BCUT2D eigenvalue weighted by molar-refractivity contribution is 9.10. The first-order valence-electron chi connectivity index (χ1n) is 7.40. The van der Waals surface area contributed by atoms with Crippen molar-refractivity contribution in [3.05, 3.63) is 68.2 Å². The van der Waals surface area contributed by atoms with E-state index < -0.39 is 4.92 Å². The lowest BCUT2D eigenvalue weighted by molar-refractivity contribution is -0.385. The van der Waals surface area contributed by atoms with Crippen molar-refractivity contribution >= 4 is 27.5 Å². The zero-order valence-corrected chi connectivity index (χ0v) is 14.9. The van der Waals surface area contributed by atoms with Crippen LogP contribution in [0.2, 0.25) is 0 Å². The summed E-state index contributed by atoms with van der Waals surface area (Å²) >= 11 is 3.36. The number of nitro benzene ring substituents is 1. The predicted molar refractivity (Wildman–Crippen MR) is 94.3 cm³/mol. The van der Waals surface area contributed by atoms with E-state index in [-0.39, 0.29) is 28.9 Å². The molecule has 126 valence electrons. The van der Waals surface area contributed by atoms with Gasteiger partial charge in [0.15, 0.2) is 5.75 Å². The van der Waals surface area contributed by atoms with Crippen LogP contribution in [-0.4, -0.2) is 17.4 Å². The minimum Gasteiger partial charge on any atom is -0.487 e. The van der Waals surface area contributed by atoms with Crippen molar-refractivity contribution in [1.29, 1.82) is 0 Å². The highest BCUT2D eigenvalue weighted by Crippen LogP contribution is 2.28. The first-order chi connectivity index (χ1) is 11.4. The lowest BCUT2D eigenvalue weighted by atomic mass is 10.1. The number of rotatable bonds is 6. The number of nitro groups is 1. The molecule has 0 spiro atoms. The number of carbonyl (C=O) groups excluding carboxylic acids is 1. The van der Waals surface area contributed by atoms with Crippen LogP contribution < -0.4 is 10.1 Å². The molecule has 2 aromatic carbocycles. The van der Waals surface area contributed by atoms with Crippen molar-refractivity contribution in [1.82, 2.24) is 5.32 Å². The maximum atomic E-state index is 12.4. The molecule has 0 heterocycles. The molecule has 0 saturated heterocycles. The summed E-state index contributed by atoms with van der Waals surface area (Å²) in [6, 6.07) is 11.5. The number of nitrogens with one attached hydrogen (secondary N) is 1. The molecule has 0 aliphatic rings. The lowest BCUT2D eigenvalue weighted by Crippen LogP contribution is -2.26. The first-order valence-corrected chi connectivity index (χ1v) is 8.19. The van der Waals surface area contributed by atoms with Crippen LogP contribution in [0.5, 0.6) is 5.75 Å².